The molecule has 0 aliphatic carbocycles. The molecule has 1 fully saturated rings. The van der Waals surface area contributed by atoms with Gasteiger partial charge in [-0.15, -0.1) is 0 Å². The van der Waals surface area contributed by atoms with Gasteiger partial charge in [-0.25, -0.2) is 0 Å². The fraction of sp³-hybridized carbons (Fsp3) is 0.400. The Balaban J connectivity index is 1.89. The van der Waals surface area contributed by atoms with Gasteiger partial charge >= 0.3 is 0 Å². The van der Waals surface area contributed by atoms with Crippen LogP contribution in [0.1, 0.15) is 17.7 Å². The van der Waals surface area contributed by atoms with E-state index in [0.29, 0.717) is 5.92 Å². The number of rotatable bonds is 3. The van der Waals surface area contributed by atoms with Crippen molar-refractivity contribution >= 4 is 0 Å². The Hall–Kier alpha value is -1.61. The monoisotopic (exact) mass is 242 g/mol. The van der Waals surface area contributed by atoms with Crippen molar-refractivity contribution in [3.8, 4) is 11.1 Å². The predicted octanol–water partition coefficient (Wildman–Crippen LogP) is 2.80. The van der Waals surface area contributed by atoms with E-state index in [4.69, 9.17) is 4.52 Å². The summed E-state index contributed by atoms with van der Waals surface area (Å²) < 4.78 is 5.46. The molecule has 3 rings (SSSR count). The van der Waals surface area contributed by atoms with Crippen molar-refractivity contribution in [2.45, 2.75) is 19.8 Å². The van der Waals surface area contributed by atoms with Crippen molar-refractivity contribution in [2.24, 2.45) is 5.92 Å². The van der Waals surface area contributed by atoms with Crippen LogP contribution in [0.5, 0.6) is 0 Å². The van der Waals surface area contributed by atoms with Crippen LogP contribution >= 0.6 is 0 Å². The van der Waals surface area contributed by atoms with E-state index in [0.717, 1.165) is 30.8 Å². The van der Waals surface area contributed by atoms with Gasteiger partial charge in [-0.05, 0) is 43.5 Å². The van der Waals surface area contributed by atoms with Crippen molar-refractivity contribution in [3.05, 3.63) is 41.8 Å². The highest BCUT2D eigenvalue weighted by atomic mass is 16.5. The smallest absolute Gasteiger partial charge is 0.144 e. The highest BCUT2D eigenvalue weighted by molar-refractivity contribution is 5.68. The van der Waals surface area contributed by atoms with Gasteiger partial charge in [-0.3, -0.25) is 0 Å². The zero-order chi connectivity index (χ0) is 12.4. The Morgan fingerprint density at radius 3 is 3.00 bits per heavy atom. The SMILES string of the molecule is Cc1ccccc1-c1cnoc1CC1CCNC1. The molecular weight excluding hydrogens is 224 g/mol. The number of aromatic nitrogens is 1. The Labute approximate surface area is 107 Å². The fourth-order valence-corrected chi connectivity index (χ4v) is 2.66. The lowest BCUT2D eigenvalue weighted by Gasteiger charge is -2.08. The molecule has 1 N–H and O–H groups in total. The maximum absolute atomic E-state index is 5.46. The van der Waals surface area contributed by atoms with E-state index in [9.17, 15) is 0 Å². The second kappa shape index (κ2) is 4.94. The molecule has 1 aromatic heterocycles. The maximum atomic E-state index is 5.46. The molecule has 1 atom stereocenters. The molecule has 94 valence electrons. The van der Waals surface area contributed by atoms with Gasteiger partial charge in [-0.1, -0.05) is 29.4 Å². The van der Waals surface area contributed by atoms with Gasteiger partial charge < -0.3 is 9.84 Å². The van der Waals surface area contributed by atoms with Gasteiger partial charge in [0, 0.05) is 12.0 Å². The molecular formula is C15H18N2O. The minimum atomic E-state index is 0.681. The van der Waals surface area contributed by atoms with Crippen LogP contribution in [-0.2, 0) is 6.42 Å². The second-order valence-corrected chi connectivity index (χ2v) is 5.04. The number of hydrogen-bond acceptors (Lipinski definition) is 3. The van der Waals surface area contributed by atoms with Gasteiger partial charge in [0.15, 0.2) is 0 Å². The number of nitrogens with one attached hydrogen (secondary N) is 1. The number of benzene rings is 1. The van der Waals surface area contributed by atoms with Gasteiger partial charge in [0.05, 0.1) is 6.20 Å². The predicted molar refractivity (Wildman–Crippen MR) is 71.4 cm³/mol. The summed E-state index contributed by atoms with van der Waals surface area (Å²) in [7, 11) is 0. The average molecular weight is 242 g/mol. The largest absolute Gasteiger partial charge is 0.361 e. The summed E-state index contributed by atoms with van der Waals surface area (Å²) in [5.41, 5.74) is 3.66. The van der Waals surface area contributed by atoms with Gasteiger partial charge in [-0.2, -0.15) is 0 Å². The molecule has 0 radical (unpaired) electrons. The molecule has 0 spiro atoms. The minimum absolute atomic E-state index is 0.681. The molecule has 3 nitrogen and oxygen atoms in total. The third-order valence-corrected chi connectivity index (χ3v) is 3.72. The van der Waals surface area contributed by atoms with E-state index in [1.54, 1.807) is 0 Å². The molecule has 1 saturated heterocycles. The zero-order valence-corrected chi connectivity index (χ0v) is 10.6. The summed E-state index contributed by atoms with van der Waals surface area (Å²) in [6, 6.07) is 8.39. The summed E-state index contributed by atoms with van der Waals surface area (Å²) in [6.07, 6.45) is 4.06. The molecule has 2 heterocycles. The molecule has 1 aliphatic heterocycles. The van der Waals surface area contributed by atoms with Crippen LogP contribution in [0.2, 0.25) is 0 Å². The first-order valence-corrected chi connectivity index (χ1v) is 6.55. The number of aryl methyl sites for hydroxylation is 1. The average Bonchev–Trinajstić information content (AvgIpc) is 3.02. The molecule has 0 amide bonds. The second-order valence-electron chi connectivity index (χ2n) is 5.04. The highest BCUT2D eigenvalue weighted by Crippen LogP contribution is 2.29. The first-order valence-electron chi connectivity index (χ1n) is 6.55. The maximum Gasteiger partial charge on any atom is 0.144 e. The Bertz CT molecular complexity index is 527. The van der Waals surface area contributed by atoms with Gasteiger partial charge in [0.1, 0.15) is 5.76 Å². The van der Waals surface area contributed by atoms with Crippen LogP contribution in [0.3, 0.4) is 0 Å². The van der Waals surface area contributed by atoms with Crippen LogP contribution in [0, 0.1) is 12.8 Å². The molecule has 1 unspecified atom stereocenters. The Morgan fingerprint density at radius 1 is 1.33 bits per heavy atom. The Morgan fingerprint density at radius 2 is 2.22 bits per heavy atom. The molecule has 0 saturated carbocycles. The standard InChI is InChI=1S/C15H18N2O/c1-11-4-2-3-5-13(11)14-10-17-18-15(14)8-12-6-7-16-9-12/h2-5,10,12,16H,6-9H2,1H3. The van der Waals surface area contributed by atoms with Crippen molar-refractivity contribution in [1.29, 1.82) is 0 Å². The number of nitrogens with zero attached hydrogens (tertiary/aromatic N) is 1. The fourth-order valence-electron chi connectivity index (χ4n) is 2.66. The summed E-state index contributed by atoms with van der Waals surface area (Å²) in [4.78, 5) is 0. The topological polar surface area (TPSA) is 38.1 Å². The van der Waals surface area contributed by atoms with Crippen LogP contribution in [0.4, 0.5) is 0 Å². The first-order chi connectivity index (χ1) is 8.84. The molecule has 1 aliphatic rings. The zero-order valence-electron chi connectivity index (χ0n) is 10.6. The lowest BCUT2D eigenvalue weighted by Crippen LogP contribution is -2.10. The van der Waals surface area contributed by atoms with Crippen molar-refractivity contribution in [1.82, 2.24) is 10.5 Å². The van der Waals surface area contributed by atoms with Crippen LogP contribution in [0.25, 0.3) is 11.1 Å². The van der Waals surface area contributed by atoms with E-state index in [2.05, 4.69) is 41.7 Å². The van der Waals surface area contributed by atoms with E-state index in [-0.39, 0.29) is 0 Å². The normalized spacial score (nSPS) is 19.3. The molecule has 18 heavy (non-hydrogen) atoms. The molecule has 3 heteroatoms. The summed E-state index contributed by atoms with van der Waals surface area (Å²) in [5, 5.41) is 7.38. The highest BCUT2D eigenvalue weighted by Gasteiger charge is 2.20. The van der Waals surface area contributed by atoms with Crippen molar-refractivity contribution < 1.29 is 4.52 Å². The van der Waals surface area contributed by atoms with Gasteiger partial charge in [0.25, 0.3) is 0 Å². The first kappa shape index (κ1) is 11.5. The number of hydrogen-bond donors (Lipinski definition) is 1. The van der Waals surface area contributed by atoms with E-state index in [1.807, 2.05) is 6.20 Å². The van der Waals surface area contributed by atoms with Crippen LogP contribution in [0.15, 0.2) is 35.0 Å². The lowest BCUT2D eigenvalue weighted by molar-refractivity contribution is 0.364. The van der Waals surface area contributed by atoms with Crippen molar-refractivity contribution in [2.75, 3.05) is 13.1 Å². The third-order valence-electron chi connectivity index (χ3n) is 3.72. The summed E-state index contributed by atoms with van der Waals surface area (Å²) in [5.74, 6) is 1.71. The van der Waals surface area contributed by atoms with Gasteiger partial charge in [0.2, 0.25) is 0 Å². The lowest BCUT2D eigenvalue weighted by atomic mass is 9.96. The summed E-state index contributed by atoms with van der Waals surface area (Å²) in [6.45, 7) is 4.34. The van der Waals surface area contributed by atoms with E-state index in [1.165, 1.54) is 17.5 Å². The van der Waals surface area contributed by atoms with Crippen LogP contribution in [-0.4, -0.2) is 18.2 Å². The van der Waals surface area contributed by atoms with Crippen LogP contribution < -0.4 is 5.32 Å². The molecule has 2 aromatic rings. The summed E-state index contributed by atoms with van der Waals surface area (Å²) >= 11 is 0. The van der Waals surface area contributed by atoms with E-state index < -0.39 is 0 Å². The van der Waals surface area contributed by atoms with Crippen molar-refractivity contribution in [3.63, 3.8) is 0 Å². The third kappa shape index (κ3) is 2.18. The quantitative estimate of drug-likeness (QED) is 0.899. The Kier molecular flexibility index (Phi) is 3.15. The molecule has 0 bridgehead atoms. The molecule has 1 aromatic carbocycles. The minimum Gasteiger partial charge on any atom is -0.361 e. The van der Waals surface area contributed by atoms with E-state index >= 15 is 0 Å².